The van der Waals surface area contributed by atoms with Crippen molar-refractivity contribution in [1.29, 1.82) is 5.26 Å². The molecule has 0 aromatic heterocycles. The molecule has 0 saturated heterocycles. The first-order valence-electron chi connectivity index (χ1n) is 4.75. The molecule has 15 heavy (non-hydrogen) atoms. The van der Waals surface area contributed by atoms with Gasteiger partial charge in [-0.05, 0) is 12.0 Å². The lowest BCUT2D eigenvalue weighted by Crippen LogP contribution is -2.19. The third-order valence-corrected chi connectivity index (χ3v) is 1.62. The molecule has 0 aromatic rings. The highest BCUT2D eigenvalue weighted by Crippen LogP contribution is 2.12. The van der Waals surface area contributed by atoms with E-state index in [0.29, 0.717) is 26.1 Å². The summed E-state index contributed by atoms with van der Waals surface area (Å²) in [6.45, 7) is 11.7. The summed E-state index contributed by atoms with van der Waals surface area (Å²) >= 11 is 0. The second kappa shape index (κ2) is 9.20. The molecule has 0 N–H and O–H groups in total. The van der Waals surface area contributed by atoms with E-state index in [1.165, 1.54) is 0 Å². The molecule has 0 fully saturated rings. The van der Waals surface area contributed by atoms with Gasteiger partial charge in [0.15, 0.2) is 6.29 Å². The maximum atomic E-state index is 8.44. The largest absolute Gasteiger partial charge is 0.345 e. The molecule has 0 aromatic carbocycles. The van der Waals surface area contributed by atoms with Crippen molar-refractivity contribution in [2.75, 3.05) is 13.2 Å². The lowest BCUT2D eigenvalue weighted by Gasteiger charge is -2.18. The normalized spacial score (nSPS) is 9.60. The van der Waals surface area contributed by atoms with Gasteiger partial charge in [0.2, 0.25) is 0 Å². The zero-order valence-corrected chi connectivity index (χ0v) is 8.95. The minimum atomic E-state index is -0.477. The van der Waals surface area contributed by atoms with Crippen molar-refractivity contribution < 1.29 is 9.47 Å². The van der Waals surface area contributed by atoms with Crippen molar-refractivity contribution in [3.05, 3.63) is 37.5 Å². The molecule has 82 valence electrons. The molecule has 0 amide bonds. The monoisotopic (exact) mass is 207 g/mol. The summed E-state index contributed by atoms with van der Waals surface area (Å²) in [6.07, 6.45) is 3.80. The van der Waals surface area contributed by atoms with Crippen molar-refractivity contribution >= 4 is 0 Å². The molecular weight excluding hydrogens is 190 g/mol. The van der Waals surface area contributed by atoms with Gasteiger partial charge in [0.05, 0.1) is 19.3 Å². The Balaban J connectivity index is 4.07. The van der Waals surface area contributed by atoms with Crippen LogP contribution in [0.2, 0.25) is 0 Å². The minimum absolute atomic E-state index is 0.396. The number of hydrogen-bond donors (Lipinski definition) is 0. The molecule has 3 nitrogen and oxygen atoms in total. The first-order valence-corrected chi connectivity index (χ1v) is 4.75. The Labute approximate surface area is 91.3 Å². The quantitative estimate of drug-likeness (QED) is 0.431. The van der Waals surface area contributed by atoms with Crippen LogP contribution in [-0.2, 0) is 9.47 Å². The molecule has 3 heteroatoms. The minimum Gasteiger partial charge on any atom is -0.345 e. The van der Waals surface area contributed by atoms with Crippen LogP contribution in [0.3, 0.4) is 0 Å². The third-order valence-electron chi connectivity index (χ3n) is 1.62. The second-order valence-electron chi connectivity index (χ2n) is 2.89. The predicted octanol–water partition coefficient (Wildman–Crippen LogP) is 2.58. The van der Waals surface area contributed by atoms with Gasteiger partial charge in [-0.2, -0.15) is 5.26 Å². The summed E-state index contributed by atoms with van der Waals surface area (Å²) in [7, 11) is 0. The Hall–Kier alpha value is -1.37. The van der Waals surface area contributed by atoms with E-state index in [1.54, 1.807) is 12.2 Å². The van der Waals surface area contributed by atoms with Crippen LogP contribution in [0.15, 0.2) is 37.5 Å². The predicted molar refractivity (Wildman–Crippen MR) is 60.1 cm³/mol. The smallest absolute Gasteiger partial charge is 0.180 e. The Morgan fingerprint density at radius 2 is 1.80 bits per heavy atom. The molecule has 0 aliphatic rings. The summed E-state index contributed by atoms with van der Waals surface area (Å²) in [5, 5.41) is 8.44. The number of hydrogen-bond acceptors (Lipinski definition) is 3. The molecule has 0 rings (SSSR count). The maximum Gasteiger partial charge on any atom is 0.180 e. The van der Waals surface area contributed by atoms with E-state index in [9.17, 15) is 0 Å². The SMILES string of the molecule is C=CCOC(OCC=C)C(=C)CCC#N. The lowest BCUT2D eigenvalue weighted by molar-refractivity contribution is -0.102. The zero-order chi connectivity index (χ0) is 11.5. The highest BCUT2D eigenvalue weighted by atomic mass is 16.7. The van der Waals surface area contributed by atoms with E-state index in [1.807, 2.05) is 0 Å². The molecule has 0 saturated carbocycles. The Morgan fingerprint density at radius 1 is 1.27 bits per heavy atom. The average molecular weight is 207 g/mol. The third kappa shape index (κ3) is 6.67. The first kappa shape index (κ1) is 13.6. The molecule has 0 spiro atoms. The van der Waals surface area contributed by atoms with E-state index in [-0.39, 0.29) is 0 Å². The highest BCUT2D eigenvalue weighted by Gasteiger charge is 2.12. The van der Waals surface area contributed by atoms with Gasteiger partial charge in [-0.25, -0.2) is 0 Å². The second-order valence-corrected chi connectivity index (χ2v) is 2.89. The van der Waals surface area contributed by atoms with Gasteiger partial charge >= 0.3 is 0 Å². The average Bonchev–Trinajstić information content (AvgIpc) is 2.26. The molecule has 0 unspecified atom stereocenters. The van der Waals surface area contributed by atoms with E-state index < -0.39 is 6.29 Å². The molecule has 0 aliphatic carbocycles. The summed E-state index contributed by atoms with van der Waals surface area (Å²) < 4.78 is 10.7. The fourth-order valence-electron chi connectivity index (χ4n) is 0.929. The number of ether oxygens (including phenoxy) is 2. The van der Waals surface area contributed by atoms with Crippen molar-refractivity contribution in [1.82, 2.24) is 0 Å². The van der Waals surface area contributed by atoms with Crippen molar-refractivity contribution in [3.8, 4) is 6.07 Å². The van der Waals surface area contributed by atoms with Crippen LogP contribution in [-0.4, -0.2) is 19.5 Å². The van der Waals surface area contributed by atoms with Crippen LogP contribution >= 0.6 is 0 Å². The summed E-state index contributed by atoms with van der Waals surface area (Å²) in [5.74, 6) is 0. The van der Waals surface area contributed by atoms with Crippen LogP contribution in [0.5, 0.6) is 0 Å². The fraction of sp³-hybridized carbons (Fsp3) is 0.417. The Bertz CT molecular complexity index is 241. The standard InChI is InChI=1S/C12H17NO2/c1-4-9-14-12(15-10-5-2)11(3)7-6-8-13/h4-5,12H,1-3,6-7,9-10H2. The number of nitriles is 1. The van der Waals surface area contributed by atoms with Crippen molar-refractivity contribution in [3.63, 3.8) is 0 Å². The van der Waals surface area contributed by atoms with Crippen molar-refractivity contribution in [2.45, 2.75) is 19.1 Å². The van der Waals surface area contributed by atoms with Gasteiger partial charge in [0.25, 0.3) is 0 Å². The van der Waals surface area contributed by atoms with Crippen LogP contribution in [0.1, 0.15) is 12.8 Å². The van der Waals surface area contributed by atoms with Crippen LogP contribution in [0.25, 0.3) is 0 Å². The van der Waals surface area contributed by atoms with E-state index >= 15 is 0 Å². The van der Waals surface area contributed by atoms with Gasteiger partial charge in [-0.3, -0.25) is 0 Å². The van der Waals surface area contributed by atoms with Gasteiger partial charge in [0, 0.05) is 6.42 Å². The molecular formula is C12H17NO2. The van der Waals surface area contributed by atoms with E-state index in [0.717, 1.165) is 5.57 Å². The molecule has 0 heterocycles. The molecule has 0 bridgehead atoms. The van der Waals surface area contributed by atoms with Crippen LogP contribution in [0.4, 0.5) is 0 Å². The van der Waals surface area contributed by atoms with Crippen molar-refractivity contribution in [2.24, 2.45) is 0 Å². The topological polar surface area (TPSA) is 42.2 Å². The van der Waals surface area contributed by atoms with E-state index in [4.69, 9.17) is 14.7 Å². The molecule has 0 radical (unpaired) electrons. The Morgan fingerprint density at radius 3 is 2.20 bits per heavy atom. The number of rotatable bonds is 9. The molecule has 0 aliphatic heterocycles. The molecule has 0 atom stereocenters. The van der Waals surface area contributed by atoms with Gasteiger partial charge < -0.3 is 9.47 Å². The number of nitrogens with zero attached hydrogens (tertiary/aromatic N) is 1. The maximum absolute atomic E-state index is 8.44. The zero-order valence-electron chi connectivity index (χ0n) is 8.95. The first-order chi connectivity index (χ1) is 7.26. The van der Waals surface area contributed by atoms with Crippen LogP contribution < -0.4 is 0 Å². The summed E-state index contributed by atoms with van der Waals surface area (Å²) in [5.41, 5.74) is 0.764. The van der Waals surface area contributed by atoms with E-state index in [2.05, 4.69) is 25.8 Å². The van der Waals surface area contributed by atoms with Gasteiger partial charge in [-0.1, -0.05) is 18.7 Å². The van der Waals surface area contributed by atoms with Gasteiger partial charge in [-0.15, -0.1) is 13.2 Å². The van der Waals surface area contributed by atoms with Gasteiger partial charge in [0.1, 0.15) is 0 Å². The summed E-state index contributed by atoms with van der Waals surface area (Å²) in [6, 6.07) is 2.05. The highest BCUT2D eigenvalue weighted by molar-refractivity contribution is 5.01. The lowest BCUT2D eigenvalue weighted by atomic mass is 10.1. The fourth-order valence-corrected chi connectivity index (χ4v) is 0.929. The van der Waals surface area contributed by atoms with Crippen LogP contribution in [0, 0.1) is 11.3 Å². The summed E-state index contributed by atoms with van der Waals surface area (Å²) in [4.78, 5) is 0. The Kier molecular flexibility index (Phi) is 8.36.